The molecular formula is C8H12IN3O. The number of ether oxygens (including phenoxy) is 1. The number of hydrogen-bond donors (Lipinski definition) is 1. The van der Waals surface area contributed by atoms with E-state index in [9.17, 15) is 0 Å². The first-order valence-corrected chi connectivity index (χ1v) is 4.96. The van der Waals surface area contributed by atoms with Crippen LogP contribution in [0.3, 0.4) is 0 Å². The molecule has 0 radical (unpaired) electrons. The zero-order valence-electron chi connectivity index (χ0n) is 7.84. The first kappa shape index (κ1) is 10.6. The van der Waals surface area contributed by atoms with Crippen LogP contribution in [0.5, 0.6) is 0 Å². The summed E-state index contributed by atoms with van der Waals surface area (Å²) in [5.74, 6) is 1.16. The van der Waals surface area contributed by atoms with E-state index in [1.807, 2.05) is 13.8 Å². The van der Waals surface area contributed by atoms with E-state index >= 15 is 0 Å². The molecule has 0 spiro atoms. The van der Waals surface area contributed by atoms with Crippen molar-refractivity contribution < 1.29 is 4.74 Å². The second-order valence-electron chi connectivity index (χ2n) is 2.74. The predicted molar refractivity (Wildman–Crippen MR) is 59.3 cm³/mol. The molecule has 0 amide bonds. The van der Waals surface area contributed by atoms with Gasteiger partial charge in [-0.3, -0.25) is 0 Å². The number of methoxy groups -OCH3 is 1. The number of rotatable bonds is 2. The molecule has 1 unspecified atom stereocenters. The number of nitrogens with two attached hydrogens (primary N) is 1. The summed E-state index contributed by atoms with van der Waals surface area (Å²) >= 11 is 2.13. The van der Waals surface area contributed by atoms with E-state index < -0.39 is 0 Å². The highest BCUT2D eigenvalue weighted by Crippen LogP contribution is 2.19. The van der Waals surface area contributed by atoms with E-state index in [0.717, 1.165) is 9.26 Å². The molecule has 0 fully saturated rings. The summed E-state index contributed by atoms with van der Waals surface area (Å²) in [6.07, 6.45) is -0.113. The second-order valence-corrected chi connectivity index (χ2v) is 3.82. The molecule has 0 aromatic carbocycles. The van der Waals surface area contributed by atoms with Crippen LogP contribution in [0.2, 0.25) is 0 Å². The maximum Gasteiger partial charge on any atom is 0.159 e. The number of halogens is 1. The number of aromatic nitrogens is 2. The minimum Gasteiger partial charge on any atom is -0.383 e. The van der Waals surface area contributed by atoms with Crippen LogP contribution < -0.4 is 5.73 Å². The molecule has 2 N–H and O–H groups in total. The van der Waals surface area contributed by atoms with Gasteiger partial charge in [0.2, 0.25) is 0 Å². The van der Waals surface area contributed by atoms with E-state index in [1.54, 1.807) is 7.11 Å². The van der Waals surface area contributed by atoms with Crippen molar-refractivity contribution in [2.75, 3.05) is 12.8 Å². The Kier molecular flexibility index (Phi) is 3.43. The highest BCUT2D eigenvalue weighted by molar-refractivity contribution is 14.1. The Morgan fingerprint density at radius 2 is 2.08 bits per heavy atom. The maximum absolute atomic E-state index is 5.70. The minimum atomic E-state index is -0.113. The largest absolute Gasteiger partial charge is 0.383 e. The Balaban J connectivity index is 3.13. The van der Waals surface area contributed by atoms with Gasteiger partial charge >= 0.3 is 0 Å². The minimum absolute atomic E-state index is 0.113. The number of hydrogen-bond acceptors (Lipinski definition) is 4. The standard InChI is InChI=1S/C8H12IN3O/c1-4-6(9)7(10)12-8(11-4)5(2)13-3/h5H,1-3H3,(H2,10,11,12). The molecule has 0 saturated carbocycles. The monoisotopic (exact) mass is 293 g/mol. The van der Waals surface area contributed by atoms with Crippen molar-refractivity contribution in [2.24, 2.45) is 0 Å². The van der Waals surface area contributed by atoms with Crippen molar-refractivity contribution >= 4 is 28.4 Å². The molecule has 0 aliphatic carbocycles. The van der Waals surface area contributed by atoms with E-state index in [1.165, 1.54) is 0 Å². The third-order valence-corrected chi connectivity index (χ3v) is 3.11. The van der Waals surface area contributed by atoms with Gasteiger partial charge in [-0.05, 0) is 36.4 Å². The molecule has 13 heavy (non-hydrogen) atoms. The van der Waals surface area contributed by atoms with Crippen LogP contribution >= 0.6 is 22.6 Å². The third kappa shape index (κ3) is 2.28. The molecule has 1 rings (SSSR count). The number of aryl methyl sites for hydroxylation is 1. The van der Waals surface area contributed by atoms with E-state index in [4.69, 9.17) is 10.5 Å². The van der Waals surface area contributed by atoms with Gasteiger partial charge in [-0.25, -0.2) is 9.97 Å². The molecule has 0 bridgehead atoms. The first-order valence-electron chi connectivity index (χ1n) is 3.88. The SMILES string of the molecule is COC(C)c1nc(C)c(I)c(N)n1. The Labute approximate surface area is 91.0 Å². The van der Waals surface area contributed by atoms with Crippen LogP contribution in [0.25, 0.3) is 0 Å². The summed E-state index contributed by atoms with van der Waals surface area (Å²) in [6.45, 7) is 3.80. The Morgan fingerprint density at radius 3 is 2.54 bits per heavy atom. The topological polar surface area (TPSA) is 61.0 Å². The number of nitrogen functional groups attached to an aromatic ring is 1. The molecule has 1 heterocycles. The molecule has 5 heteroatoms. The lowest BCUT2D eigenvalue weighted by Gasteiger charge is -2.10. The molecule has 0 saturated heterocycles. The fourth-order valence-electron chi connectivity index (χ4n) is 0.891. The lowest BCUT2D eigenvalue weighted by Crippen LogP contribution is -2.08. The summed E-state index contributed by atoms with van der Waals surface area (Å²) in [4.78, 5) is 8.42. The number of anilines is 1. The maximum atomic E-state index is 5.70. The van der Waals surface area contributed by atoms with Crippen molar-refractivity contribution in [3.8, 4) is 0 Å². The van der Waals surface area contributed by atoms with Crippen LogP contribution in [0.4, 0.5) is 5.82 Å². The average Bonchev–Trinajstić information content (AvgIpc) is 2.12. The van der Waals surface area contributed by atoms with Gasteiger partial charge in [-0.2, -0.15) is 0 Å². The summed E-state index contributed by atoms with van der Waals surface area (Å²) in [6, 6.07) is 0. The van der Waals surface area contributed by atoms with Crippen molar-refractivity contribution in [1.29, 1.82) is 0 Å². The van der Waals surface area contributed by atoms with Gasteiger partial charge < -0.3 is 10.5 Å². The van der Waals surface area contributed by atoms with Gasteiger partial charge in [0.1, 0.15) is 11.9 Å². The van der Waals surface area contributed by atoms with Gasteiger partial charge in [-0.1, -0.05) is 0 Å². The fraction of sp³-hybridized carbons (Fsp3) is 0.500. The number of nitrogens with zero attached hydrogens (tertiary/aromatic N) is 2. The van der Waals surface area contributed by atoms with Gasteiger partial charge in [0.25, 0.3) is 0 Å². The van der Waals surface area contributed by atoms with Crippen molar-refractivity contribution in [3.05, 3.63) is 15.1 Å². The van der Waals surface area contributed by atoms with Gasteiger partial charge in [-0.15, -0.1) is 0 Å². The molecule has 0 aliphatic heterocycles. The summed E-state index contributed by atoms with van der Waals surface area (Å²) in [7, 11) is 1.62. The molecule has 72 valence electrons. The normalized spacial score (nSPS) is 12.9. The highest BCUT2D eigenvalue weighted by atomic mass is 127. The highest BCUT2D eigenvalue weighted by Gasteiger charge is 2.11. The van der Waals surface area contributed by atoms with E-state index in [0.29, 0.717) is 11.6 Å². The predicted octanol–water partition coefficient (Wildman–Crippen LogP) is 1.68. The first-order chi connectivity index (χ1) is 6.06. The molecule has 1 atom stereocenters. The quantitative estimate of drug-likeness (QED) is 0.843. The van der Waals surface area contributed by atoms with Crippen LogP contribution in [-0.4, -0.2) is 17.1 Å². The van der Waals surface area contributed by atoms with Crippen LogP contribution in [-0.2, 0) is 4.74 Å². The zero-order valence-corrected chi connectivity index (χ0v) is 9.99. The Bertz CT molecular complexity index is 293. The molecule has 1 aromatic rings. The Hall–Kier alpha value is -0.430. The fourth-order valence-corrected chi connectivity index (χ4v) is 1.13. The zero-order chi connectivity index (χ0) is 10.0. The van der Waals surface area contributed by atoms with Crippen LogP contribution in [0.1, 0.15) is 24.5 Å². The third-order valence-electron chi connectivity index (χ3n) is 1.78. The van der Waals surface area contributed by atoms with Gasteiger partial charge in [0.05, 0.1) is 9.26 Å². The van der Waals surface area contributed by atoms with Gasteiger partial charge in [0, 0.05) is 7.11 Å². The van der Waals surface area contributed by atoms with Crippen LogP contribution in [0, 0.1) is 10.5 Å². The summed E-state index contributed by atoms with van der Waals surface area (Å²) < 4.78 is 6.01. The molecule has 0 aliphatic rings. The smallest absolute Gasteiger partial charge is 0.159 e. The van der Waals surface area contributed by atoms with E-state index in [-0.39, 0.29) is 6.10 Å². The lowest BCUT2D eigenvalue weighted by molar-refractivity contribution is 0.112. The van der Waals surface area contributed by atoms with Crippen molar-refractivity contribution in [2.45, 2.75) is 20.0 Å². The van der Waals surface area contributed by atoms with Crippen molar-refractivity contribution in [1.82, 2.24) is 9.97 Å². The lowest BCUT2D eigenvalue weighted by atomic mass is 10.3. The Morgan fingerprint density at radius 1 is 1.46 bits per heavy atom. The average molecular weight is 293 g/mol. The molecule has 1 aromatic heterocycles. The second kappa shape index (κ2) is 4.19. The molecule has 4 nitrogen and oxygen atoms in total. The molecular weight excluding hydrogens is 281 g/mol. The van der Waals surface area contributed by atoms with Crippen molar-refractivity contribution in [3.63, 3.8) is 0 Å². The van der Waals surface area contributed by atoms with Gasteiger partial charge in [0.15, 0.2) is 5.82 Å². The van der Waals surface area contributed by atoms with Crippen LogP contribution in [0.15, 0.2) is 0 Å². The summed E-state index contributed by atoms with van der Waals surface area (Å²) in [5.41, 5.74) is 6.60. The van der Waals surface area contributed by atoms with E-state index in [2.05, 4.69) is 32.6 Å². The summed E-state index contributed by atoms with van der Waals surface area (Å²) in [5, 5.41) is 0.